The van der Waals surface area contributed by atoms with Gasteiger partial charge in [-0.15, -0.1) is 0 Å². The van der Waals surface area contributed by atoms with E-state index in [4.69, 9.17) is 4.74 Å². The fourth-order valence-electron chi connectivity index (χ4n) is 2.90. The molecule has 3 nitrogen and oxygen atoms in total. The van der Waals surface area contributed by atoms with Crippen molar-refractivity contribution < 1.29 is 4.74 Å². The standard InChI is InChI=1S/C17H28N2O/c1-4-18-12-15-6-8-16(9-7-15)13-19-11-5-10-17(2,14-19)20-3/h6-9,18H,4-5,10-14H2,1-3H3. The average molecular weight is 276 g/mol. The molecule has 0 amide bonds. The van der Waals surface area contributed by atoms with E-state index >= 15 is 0 Å². The zero-order chi connectivity index (χ0) is 14.4. The zero-order valence-electron chi connectivity index (χ0n) is 13.1. The number of likely N-dealkylation sites (tertiary alicyclic amines) is 1. The quantitative estimate of drug-likeness (QED) is 0.864. The number of nitrogens with one attached hydrogen (secondary N) is 1. The summed E-state index contributed by atoms with van der Waals surface area (Å²) in [6, 6.07) is 8.98. The van der Waals surface area contributed by atoms with Gasteiger partial charge in [0.2, 0.25) is 0 Å². The Balaban J connectivity index is 1.89. The van der Waals surface area contributed by atoms with Gasteiger partial charge >= 0.3 is 0 Å². The third kappa shape index (κ3) is 4.30. The van der Waals surface area contributed by atoms with Crippen LogP contribution in [0.2, 0.25) is 0 Å². The lowest BCUT2D eigenvalue weighted by molar-refractivity contribution is -0.0527. The molecule has 0 radical (unpaired) electrons. The molecule has 2 rings (SSSR count). The lowest BCUT2D eigenvalue weighted by Gasteiger charge is -2.39. The van der Waals surface area contributed by atoms with Gasteiger partial charge in [0.05, 0.1) is 5.60 Å². The molecule has 1 unspecified atom stereocenters. The fraction of sp³-hybridized carbons (Fsp3) is 0.647. The van der Waals surface area contributed by atoms with Crippen LogP contribution in [0.25, 0.3) is 0 Å². The van der Waals surface area contributed by atoms with Gasteiger partial charge in [-0.25, -0.2) is 0 Å². The summed E-state index contributed by atoms with van der Waals surface area (Å²) in [5.74, 6) is 0. The molecular weight excluding hydrogens is 248 g/mol. The summed E-state index contributed by atoms with van der Waals surface area (Å²) in [5, 5.41) is 3.36. The molecule has 0 aliphatic carbocycles. The van der Waals surface area contributed by atoms with E-state index in [2.05, 4.69) is 48.3 Å². The highest BCUT2D eigenvalue weighted by atomic mass is 16.5. The highest BCUT2D eigenvalue weighted by Gasteiger charge is 2.30. The van der Waals surface area contributed by atoms with Crippen LogP contribution in [0.1, 0.15) is 37.8 Å². The van der Waals surface area contributed by atoms with Crippen molar-refractivity contribution in [3.8, 4) is 0 Å². The Morgan fingerprint density at radius 3 is 2.60 bits per heavy atom. The molecule has 0 aromatic heterocycles. The van der Waals surface area contributed by atoms with Crippen molar-refractivity contribution in [3.63, 3.8) is 0 Å². The van der Waals surface area contributed by atoms with E-state index in [1.165, 1.54) is 30.5 Å². The lowest BCUT2D eigenvalue weighted by Crippen LogP contribution is -2.46. The van der Waals surface area contributed by atoms with Crippen molar-refractivity contribution in [2.75, 3.05) is 26.7 Å². The van der Waals surface area contributed by atoms with Crippen molar-refractivity contribution in [1.82, 2.24) is 10.2 Å². The van der Waals surface area contributed by atoms with E-state index in [9.17, 15) is 0 Å². The summed E-state index contributed by atoms with van der Waals surface area (Å²) in [6.07, 6.45) is 2.39. The number of benzene rings is 1. The zero-order valence-corrected chi connectivity index (χ0v) is 13.1. The number of piperidine rings is 1. The van der Waals surface area contributed by atoms with Crippen LogP contribution < -0.4 is 5.32 Å². The van der Waals surface area contributed by atoms with Crippen LogP contribution in [0.15, 0.2) is 24.3 Å². The summed E-state index contributed by atoms with van der Waals surface area (Å²) in [6.45, 7) is 9.57. The highest BCUT2D eigenvalue weighted by molar-refractivity contribution is 5.22. The fourth-order valence-corrected chi connectivity index (χ4v) is 2.90. The monoisotopic (exact) mass is 276 g/mol. The summed E-state index contributed by atoms with van der Waals surface area (Å²) in [5.41, 5.74) is 2.78. The molecule has 1 atom stereocenters. The number of hydrogen-bond acceptors (Lipinski definition) is 3. The van der Waals surface area contributed by atoms with E-state index in [0.717, 1.165) is 26.2 Å². The smallest absolute Gasteiger partial charge is 0.0777 e. The second-order valence-corrected chi connectivity index (χ2v) is 6.07. The molecule has 20 heavy (non-hydrogen) atoms. The number of methoxy groups -OCH3 is 1. The second-order valence-electron chi connectivity index (χ2n) is 6.07. The minimum atomic E-state index is 0.0310. The Hall–Kier alpha value is -0.900. The summed E-state index contributed by atoms with van der Waals surface area (Å²) >= 11 is 0. The minimum Gasteiger partial charge on any atom is -0.377 e. The van der Waals surface area contributed by atoms with Gasteiger partial charge in [-0.05, 0) is 44.0 Å². The Kier molecular flexibility index (Phi) is 5.58. The van der Waals surface area contributed by atoms with E-state index in [-0.39, 0.29) is 5.60 Å². The SMILES string of the molecule is CCNCc1ccc(CN2CCCC(C)(OC)C2)cc1. The van der Waals surface area contributed by atoms with Crippen LogP contribution in [0, 0.1) is 0 Å². The van der Waals surface area contributed by atoms with E-state index in [0.29, 0.717) is 0 Å². The first-order valence-corrected chi connectivity index (χ1v) is 7.71. The van der Waals surface area contributed by atoms with Crippen LogP contribution in [0.4, 0.5) is 0 Å². The van der Waals surface area contributed by atoms with E-state index in [1.54, 1.807) is 0 Å². The molecule has 1 fully saturated rings. The molecule has 0 spiro atoms. The molecule has 1 aliphatic heterocycles. The summed E-state index contributed by atoms with van der Waals surface area (Å²) < 4.78 is 5.66. The average Bonchev–Trinajstić information content (AvgIpc) is 2.47. The largest absolute Gasteiger partial charge is 0.377 e. The molecule has 1 heterocycles. The van der Waals surface area contributed by atoms with Crippen molar-refractivity contribution in [3.05, 3.63) is 35.4 Å². The van der Waals surface area contributed by atoms with Crippen molar-refractivity contribution in [1.29, 1.82) is 0 Å². The number of hydrogen-bond donors (Lipinski definition) is 1. The van der Waals surface area contributed by atoms with E-state index < -0.39 is 0 Å². The first-order valence-electron chi connectivity index (χ1n) is 7.71. The first-order chi connectivity index (χ1) is 9.65. The molecule has 1 aromatic carbocycles. The summed E-state index contributed by atoms with van der Waals surface area (Å²) in [4.78, 5) is 2.51. The molecule has 1 aliphatic rings. The summed E-state index contributed by atoms with van der Waals surface area (Å²) in [7, 11) is 1.83. The molecular formula is C17H28N2O. The Morgan fingerprint density at radius 1 is 1.25 bits per heavy atom. The van der Waals surface area contributed by atoms with Gasteiger partial charge in [-0.1, -0.05) is 31.2 Å². The maximum Gasteiger partial charge on any atom is 0.0777 e. The number of nitrogens with zero attached hydrogens (tertiary/aromatic N) is 1. The third-order valence-electron chi connectivity index (χ3n) is 4.24. The maximum atomic E-state index is 5.66. The number of rotatable bonds is 6. The highest BCUT2D eigenvalue weighted by Crippen LogP contribution is 2.25. The lowest BCUT2D eigenvalue weighted by atomic mass is 9.94. The van der Waals surface area contributed by atoms with E-state index in [1.807, 2.05) is 7.11 Å². The second kappa shape index (κ2) is 7.21. The molecule has 3 heteroatoms. The van der Waals surface area contributed by atoms with Crippen molar-refractivity contribution in [2.24, 2.45) is 0 Å². The topological polar surface area (TPSA) is 24.5 Å². The Morgan fingerprint density at radius 2 is 1.95 bits per heavy atom. The Bertz CT molecular complexity index is 404. The molecule has 1 N–H and O–H groups in total. The van der Waals surface area contributed by atoms with Crippen molar-refractivity contribution >= 4 is 0 Å². The predicted octanol–water partition coefficient (Wildman–Crippen LogP) is 2.80. The van der Waals surface area contributed by atoms with Gasteiger partial charge in [0, 0.05) is 26.7 Å². The predicted molar refractivity (Wildman–Crippen MR) is 83.7 cm³/mol. The maximum absolute atomic E-state index is 5.66. The molecule has 1 saturated heterocycles. The normalized spacial score (nSPS) is 23.9. The van der Waals surface area contributed by atoms with Gasteiger partial charge in [0.1, 0.15) is 0 Å². The van der Waals surface area contributed by atoms with Crippen LogP contribution in [0.5, 0.6) is 0 Å². The van der Waals surface area contributed by atoms with Gasteiger partial charge in [0.15, 0.2) is 0 Å². The van der Waals surface area contributed by atoms with Crippen LogP contribution in [-0.2, 0) is 17.8 Å². The van der Waals surface area contributed by atoms with Gasteiger partial charge < -0.3 is 10.1 Å². The minimum absolute atomic E-state index is 0.0310. The first kappa shape index (κ1) is 15.5. The van der Waals surface area contributed by atoms with Crippen LogP contribution in [0.3, 0.4) is 0 Å². The molecule has 0 bridgehead atoms. The molecule has 1 aromatic rings. The van der Waals surface area contributed by atoms with Gasteiger partial charge in [-0.2, -0.15) is 0 Å². The Labute approximate surface area is 123 Å². The van der Waals surface area contributed by atoms with Crippen molar-refractivity contribution in [2.45, 2.75) is 45.4 Å². The van der Waals surface area contributed by atoms with Gasteiger partial charge in [0.25, 0.3) is 0 Å². The van der Waals surface area contributed by atoms with Crippen LogP contribution >= 0.6 is 0 Å². The molecule has 0 saturated carbocycles. The van der Waals surface area contributed by atoms with Gasteiger partial charge in [-0.3, -0.25) is 4.90 Å². The number of ether oxygens (including phenoxy) is 1. The van der Waals surface area contributed by atoms with Crippen LogP contribution in [-0.4, -0.2) is 37.2 Å². The molecule has 112 valence electrons. The third-order valence-corrected chi connectivity index (χ3v) is 4.24.